The van der Waals surface area contributed by atoms with Crippen LogP contribution in [0.25, 0.3) is 11.0 Å². The van der Waals surface area contributed by atoms with Crippen LogP contribution in [-0.4, -0.2) is 14.7 Å². The van der Waals surface area contributed by atoms with Crippen LogP contribution in [0.3, 0.4) is 0 Å². The van der Waals surface area contributed by atoms with Gasteiger partial charge in [-0.05, 0) is 54.6 Å². The van der Waals surface area contributed by atoms with Gasteiger partial charge in [0.05, 0.1) is 23.3 Å². The Kier molecular flexibility index (Phi) is 2.96. The largest absolute Gasteiger partial charge is 0.369 e. The van der Waals surface area contributed by atoms with Crippen LogP contribution in [-0.2, 0) is 6.54 Å². The van der Waals surface area contributed by atoms with E-state index in [1.807, 2.05) is 36.6 Å². The van der Waals surface area contributed by atoms with Gasteiger partial charge in [0.2, 0.25) is 5.95 Å². The molecule has 0 aliphatic rings. The zero-order chi connectivity index (χ0) is 13.6. The summed E-state index contributed by atoms with van der Waals surface area (Å²) in [6.45, 7) is 4.47. The molecule has 3 rings (SSSR count). The van der Waals surface area contributed by atoms with Gasteiger partial charge in [-0.1, -0.05) is 5.16 Å². The lowest BCUT2D eigenvalue weighted by molar-refractivity contribution is 0.392. The summed E-state index contributed by atoms with van der Waals surface area (Å²) in [5.74, 6) is 1.33. The van der Waals surface area contributed by atoms with Gasteiger partial charge in [-0.2, -0.15) is 0 Å². The van der Waals surface area contributed by atoms with Gasteiger partial charge in [0, 0.05) is 9.13 Å². The number of halogens is 1. The van der Waals surface area contributed by atoms with Crippen molar-refractivity contribution < 1.29 is 4.52 Å². The van der Waals surface area contributed by atoms with Crippen molar-refractivity contribution in [3.05, 3.63) is 38.8 Å². The number of nitrogen functional groups attached to an aromatic ring is 1. The van der Waals surface area contributed by atoms with E-state index in [2.05, 4.69) is 32.7 Å². The fourth-order valence-corrected chi connectivity index (χ4v) is 2.65. The van der Waals surface area contributed by atoms with Gasteiger partial charge in [0.15, 0.2) is 0 Å². The number of hydrogen-bond donors (Lipinski definition) is 1. The predicted molar refractivity (Wildman–Crippen MR) is 81.9 cm³/mol. The molecular formula is C13H13IN4O. The maximum Gasteiger partial charge on any atom is 0.201 e. The number of rotatable bonds is 2. The number of benzene rings is 1. The van der Waals surface area contributed by atoms with Crippen molar-refractivity contribution >= 4 is 39.6 Å². The second-order valence-electron chi connectivity index (χ2n) is 4.49. The highest BCUT2D eigenvalue weighted by Crippen LogP contribution is 2.23. The highest BCUT2D eigenvalue weighted by atomic mass is 127. The Labute approximate surface area is 123 Å². The van der Waals surface area contributed by atoms with Crippen molar-refractivity contribution in [2.45, 2.75) is 20.4 Å². The van der Waals surface area contributed by atoms with Crippen molar-refractivity contribution in [3.63, 3.8) is 0 Å². The molecule has 0 atom stereocenters. The summed E-state index contributed by atoms with van der Waals surface area (Å²) in [7, 11) is 0. The lowest BCUT2D eigenvalue weighted by Gasteiger charge is -2.06. The number of aryl methyl sites for hydroxylation is 2. The average molecular weight is 368 g/mol. The van der Waals surface area contributed by atoms with Gasteiger partial charge < -0.3 is 14.8 Å². The lowest BCUT2D eigenvalue weighted by atomic mass is 10.2. The predicted octanol–water partition coefficient (Wildman–Crippen LogP) is 2.88. The van der Waals surface area contributed by atoms with Crippen molar-refractivity contribution in [2.24, 2.45) is 0 Å². The second-order valence-corrected chi connectivity index (χ2v) is 5.74. The molecule has 0 radical (unpaired) electrons. The minimum absolute atomic E-state index is 0.511. The second kappa shape index (κ2) is 4.52. The van der Waals surface area contributed by atoms with Gasteiger partial charge in [-0.3, -0.25) is 0 Å². The zero-order valence-corrected chi connectivity index (χ0v) is 12.8. The van der Waals surface area contributed by atoms with E-state index in [-0.39, 0.29) is 0 Å². The molecule has 1 aromatic carbocycles. The summed E-state index contributed by atoms with van der Waals surface area (Å²) in [6, 6.07) is 6.11. The van der Waals surface area contributed by atoms with Crippen LogP contribution in [0.2, 0.25) is 0 Å². The molecule has 0 aliphatic heterocycles. The summed E-state index contributed by atoms with van der Waals surface area (Å²) >= 11 is 2.27. The van der Waals surface area contributed by atoms with E-state index in [1.165, 1.54) is 0 Å². The molecule has 2 heterocycles. The monoisotopic (exact) mass is 368 g/mol. The highest BCUT2D eigenvalue weighted by Gasteiger charge is 2.14. The van der Waals surface area contributed by atoms with Crippen molar-refractivity contribution in [2.75, 3.05) is 5.73 Å². The third-order valence-electron chi connectivity index (χ3n) is 3.24. The maximum absolute atomic E-state index is 6.02. The molecule has 0 bridgehead atoms. The molecule has 19 heavy (non-hydrogen) atoms. The quantitative estimate of drug-likeness (QED) is 0.707. The first-order valence-corrected chi connectivity index (χ1v) is 6.97. The third-order valence-corrected chi connectivity index (χ3v) is 3.91. The summed E-state index contributed by atoms with van der Waals surface area (Å²) < 4.78 is 8.32. The Morgan fingerprint density at radius 3 is 2.84 bits per heavy atom. The van der Waals surface area contributed by atoms with Gasteiger partial charge >= 0.3 is 0 Å². The molecule has 98 valence electrons. The van der Waals surface area contributed by atoms with E-state index in [1.54, 1.807) is 0 Å². The Hall–Kier alpha value is -1.57. The fraction of sp³-hybridized carbons (Fsp3) is 0.231. The van der Waals surface area contributed by atoms with E-state index in [9.17, 15) is 0 Å². The molecule has 0 fully saturated rings. The molecule has 0 spiro atoms. The van der Waals surface area contributed by atoms with Gasteiger partial charge in [0.1, 0.15) is 5.76 Å². The minimum Gasteiger partial charge on any atom is -0.369 e. The molecule has 0 aliphatic carbocycles. The summed E-state index contributed by atoms with van der Waals surface area (Å²) in [5, 5.41) is 3.97. The SMILES string of the molecule is Cc1noc(C)c1Cn1c(N)nc2cc(I)ccc21. The van der Waals surface area contributed by atoms with Crippen LogP contribution >= 0.6 is 22.6 Å². The molecule has 0 saturated carbocycles. The van der Waals surface area contributed by atoms with Crippen LogP contribution in [0.1, 0.15) is 17.0 Å². The maximum atomic E-state index is 6.02. The molecule has 0 unspecified atom stereocenters. The Morgan fingerprint density at radius 1 is 1.37 bits per heavy atom. The lowest BCUT2D eigenvalue weighted by Crippen LogP contribution is -2.05. The van der Waals surface area contributed by atoms with E-state index >= 15 is 0 Å². The van der Waals surface area contributed by atoms with Crippen molar-refractivity contribution in [3.8, 4) is 0 Å². The number of hydrogen-bond acceptors (Lipinski definition) is 4. The average Bonchev–Trinajstić information content (AvgIpc) is 2.83. The van der Waals surface area contributed by atoms with Gasteiger partial charge in [0.25, 0.3) is 0 Å². The zero-order valence-electron chi connectivity index (χ0n) is 10.6. The molecule has 5 nitrogen and oxygen atoms in total. The number of nitrogens with zero attached hydrogens (tertiary/aromatic N) is 3. The standard InChI is InChI=1S/C13H13IN4O/c1-7-10(8(2)19-17-7)6-18-12-4-3-9(14)5-11(12)16-13(18)15/h3-5H,6H2,1-2H3,(H2,15,16). The van der Waals surface area contributed by atoms with Crippen molar-refractivity contribution in [1.82, 2.24) is 14.7 Å². The number of imidazole rings is 1. The van der Waals surface area contributed by atoms with Gasteiger partial charge in [-0.15, -0.1) is 0 Å². The van der Waals surface area contributed by atoms with E-state index < -0.39 is 0 Å². The summed E-state index contributed by atoms with van der Waals surface area (Å²) in [5.41, 5.74) is 9.91. The van der Waals surface area contributed by atoms with Crippen LogP contribution in [0.15, 0.2) is 22.7 Å². The number of nitrogens with two attached hydrogens (primary N) is 1. The summed E-state index contributed by atoms with van der Waals surface area (Å²) in [6.07, 6.45) is 0. The Bertz CT molecular complexity index is 740. The molecule has 6 heteroatoms. The number of aromatic nitrogens is 3. The smallest absolute Gasteiger partial charge is 0.201 e. The van der Waals surface area contributed by atoms with Crippen LogP contribution < -0.4 is 5.73 Å². The third kappa shape index (κ3) is 2.09. The van der Waals surface area contributed by atoms with Crippen LogP contribution in [0.5, 0.6) is 0 Å². The molecular weight excluding hydrogens is 355 g/mol. The van der Waals surface area contributed by atoms with Crippen LogP contribution in [0, 0.1) is 17.4 Å². The van der Waals surface area contributed by atoms with Crippen molar-refractivity contribution in [1.29, 1.82) is 0 Å². The number of fused-ring (bicyclic) bond motifs is 1. The first-order chi connectivity index (χ1) is 9.06. The molecule has 0 saturated heterocycles. The Morgan fingerprint density at radius 2 is 2.16 bits per heavy atom. The first-order valence-electron chi connectivity index (χ1n) is 5.89. The van der Waals surface area contributed by atoms with E-state index in [0.29, 0.717) is 12.5 Å². The molecule has 0 amide bonds. The summed E-state index contributed by atoms with van der Waals surface area (Å²) in [4.78, 5) is 4.40. The molecule has 2 N–H and O–H groups in total. The van der Waals surface area contributed by atoms with Gasteiger partial charge in [-0.25, -0.2) is 4.98 Å². The first kappa shape index (κ1) is 12.5. The van der Waals surface area contributed by atoms with Crippen LogP contribution in [0.4, 0.5) is 5.95 Å². The topological polar surface area (TPSA) is 69.9 Å². The highest BCUT2D eigenvalue weighted by molar-refractivity contribution is 14.1. The number of anilines is 1. The fourth-order valence-electron chi connectivity index (χ4n) is 2.17. The Balaban J connectivity index is 2.13. The van der Waals surface area contributed by atoms with E-state index in [0.717, 1.165) is 31.6 Å². The van der Waals surface area contributed by atoms with E-state index in [4.69, 9.17) is 10.3 Å². The molecule has 2 aromatic heterocycles. The molecule has 3 aromatic rings. The normalized spacial score (nSPS) is 11.3. The minimum atomic E-state index is 0.511.